The third-order valence-electron chi connectivity index (χ3n) is 4.85. The smallest absolute Gasteiger partial charge is 0.222 e. The molecule has 0 bridgehead atoms. The molecule has 0 radical (unpaired) electrons. The minimum absolute atomic E-state index is 0.445. The van der Waals surface area contributed by atoms with Gasteiger partial charge in [-0.1, -0.05) is 42.5 Å². The van der Waals surface area contributed by atoms with Crippen molar-refractivity contribution in [3.63, 3.8) is 0 Å². The van der Waals surface area contributed by atoms with Gasteiger partial charge in [-0.2, -0.15) is 5.10 Å². The fraction of sp³-hybridized carbons (Fsp3) is 0.375. The summed E-state index contributed by atoms with van der Waals surface area (Å²) in [6.07, 6.45) is -0.445. The highest BCUT2D eigenvalue weighted by Crippen LogP contribution is 2.34. The Hall–Kier alpha value is -2.67. The van der Waals surface area contributed by atoms with Gasteiger partial charge in [0.25, 0.3) is 0 Å². The van der Waals surface area contributed by atoms with E-state index < -0.39 is 6.10 Å². The van der Waals surface area contributed by atoms with Crippen molar-refractivity contribution in [3.8, 4) is 22.9 Å². The Labute approximate surface area is 178 Å². The number of aryl methyl sites for hydroxylation is 2. The molecule has 0 fully saturated rings. The maximum absolute atomic E-state index is 9.99. The SMILES string of the molecule is COCCN(Cc1c(-c2ccccc2)nn(C)c1Oc1cccc(C)c1)C[C@H](C)O. The van der Waals surface area contributed by atoms with Crippen molar-refractivity contribution in [1.29, 1.82) is 0 Å². The second-order valence-corrected chi connectivity index (χ2v) is 7.62. The lowest BCUT2D eigenvalue weighted by Gasteiger charge is -2.24. The van der Waals surface area contributed by atoms with Gasteiger partial charge in [0, 0.05) is 39.4 Å². The first-order valence-corrected chi connectivity index (χ1v) is 10.2. The molecular weight excluding hydrogens is 378 g/mol. The van der Waals surface area contributed by atoms with Gasteiger partial charge in [-0.3, -0.25) is 4.90 Å². The zero-order valence-electron chi connectivity index (χ0n) is 18.2. The fourth-order valence-electron chi connectivity index (χ4n) is 3.49. The molecule has 0 aliphatic heterocycles. The quantitative estimate of drug-likeness (QED) is 0.548. The fourth-order valence-corrected chi connectivity index (χ4v) is 3.49. The summed E-state index contributed by atoms with van der Waals surface area (Å²) in [5.74, 6) is 1.48. The van der Waals surface area contributed by atoms with Crippen LogP contribution in [0.2, 0.25) is 0 Å². The summed E-state index contributed by atoms with van der Waals surface area (Å²) in [6.45, 7) is 6.26. The van der Waals surface area contributed by atoms with E-state index in [0.717, 1.165) is 28.1 Å². The van der Waals surface area contributed by atoms with Crippen molar-refractivity contribution in [2.24, 2.45) is 7.05 Å². The van der Waals surface area contributed by atoms with E-state index in [4.69, 9.17) is 14.6 Å². The van der Waals surface area contributed by atoms with E-state index in [0.29, 0.717) is 32.1 Å². The molecule has 0 spiro atoms. The van der Waals surface area contributed by atoms with Crippen molar-refractivity contribution in [3.05, 3.63) is 65.7 Å². The third-order valence-corrected chi connectivity index (χ3v) is 4.85. The van der Waals surface area contributed by atoms with E-state index in [9.17, 15) is 5.11 Å². The van der Waals surface area contributed by atoms with Gasteiger partial charge < -0.3 is 14.6 Å². The van der Waals surface area contributed by atoms with Crippen LogP contribution < -0.4 is 4.74 Å². The second-order valence-electron chi connectivity index (χ2n) is 7.62. The highest BCUT2D eigenvalue weighted by molar-refractivity contribution is 5.65. The Bertz CT molecular complexity index is 938. The number of aliphatic hydroxyl groups excluding tert-OH is 1. The highest BCUT2D eigenvalue weighted by Gasteiger charge is 2.22. The van der Waals surface area contributed by atoms with E-state index >= 15 is 0 Å². The Kier molecular flexibility index (Phi) is 7.63. The summed E-state index contributed by atoms with van der Waals surface area (Å²) in [5, 5.41) is 14.8. The normalized spacial score (nSPS) is 12.3. The molecule has 0 amide bonds. The summed E-state index contributed by atoms with van der Waals surface area (Å²) in [7, 11) is 3.58. The molecule has 1 N–H and O–H groups in total. The van der Waals surface area contributed by atoms with Gasteiger partial charge in [0.05, 0.1) is 18.3 Å². The van der Waals surface area contributed by atoms with Gasteiger partial charge in [-0.25, -0.2) is 4.68 Å². The number of ether oxygens (including phenoxy) is 2. The van der Waals surface area contributed by atoms with Crippen LogP contribution >= 0.6 is 0 Å². The summed E-state index contributed by atoms with van der Waals surface area (Å²) in [6, 6.07) is 18.1. The first-order chi connectivity index (χ1) is 14.5. The summed E-state index contributed by atoms with van der Waals surface area (Å²) in [5.41, 5.74) is 4.04. The molecule has 1 heterocycles. The second kappa shape index (κ2) is 10.4. The van der Waals surface area contributed by atoms with Crippen LogP contribution in [-0.2, 0) is 18.3 Å². The molecule has 0 saturated heterocycles. The Balaban J connectivity index is 2.01. The van der Waals surface area contributed by atoms with Crippen LogP contribution in [0.25, 0.3) is 11.3 Å². The predicted octanol–water partition coefficient (Wildman–Crippen LogP) is 4.02. The zero-order chi connectivity index (χ0) is 21.5. The molecule has 160 valence electrons. The first-order valence-electron chi connectivity index (χ1n) is 10.2. The largest absolute Gasteiger partial charge is 0.439 e. The van der Waals surface area contributed by atoms with Crippen molar-refractivity contribution in [1.82, 2.24) is 14.7 Å². The van der Waals surface area contributed by atoms with Gasteiger partial charge >= 0.3 is 0 Å². The monoisotopic (exact) mass is 409 g/mol. The molecule has 3 aromatic rings. The number of methoxy groups -OCH3 is 1. The molecule has 6 heteroatoms. The van der Waals surface area contributed by atoms with Crippen molar-refractivity contribution < 1.29 is 14.6 Å². The van der Waals surface area contributed by atoms with Gasteiger partial charge in [0.15, 0.2) is 0 Å². The standard InChI is InChI=1S/C24H31N3O3/c1-18-9-8-12-21(15-18)30-24-22(17-27(13-14-29-4)16-19(2)28)23(25-26(24)3)20-10-6-5-7-11-20/h5-12,15,19,28H,13-14,16-17H2,1-4H3/t19-/m0/s1. The minimum atomic E-state index is -0.445. The van der Waals surface area contributed by atoms with E-state index in [1.165, 1.54) is 0 Å². The molecule has 0 aliphatic carbocycles. The average molecular weight is 410 g/mol. The molecule has 3 rings (SSSR count). The molecule has 0 aliphatic rings. The maximum atomic E-state index is 9.99. The highest BCUT2D eigenvalue weighted by atomic mass is 16.5. The third kappa shape index (κ3) is 5.69. The Morgan fingerprint density at radius 3 is 2.57 bits per heavy atom. The Morgan fingerprint density at radius 1 is 1.13 bits per heavy atom. The number of aliphatic hydroxyl groups is 1. The van der Waals surface area contributed by atoms with E-state index in [1.54, 1.807) is 18.7 Å². The van der Waals surface area contributed by atoms with Crippen molar-refractivity contribution in [2.45, 2.75) is 26.5 Å². The van der Waals surface area contributed by atoms with Crippen LogP contribution in [-0.4, -0.2) is 52.7 Å². The van der Waals surface area contributed by atoms with Crippen LogP contribution in [0.3, 0.4) is 0 Å². The molecule has 1 atom stereocenters. The van der Waals surface area contributed by atoms with Crippen LogP contribution in [0, 0.1) is 6.92 Å². The van der Waals surface area contributed by atoms with Gasteiger partial charge in [-0.15, -0.1) is 0 Å². The van der Waals surface area contributed by atoms with E-state index in [2.05, 4.69) is 17.0 Å². The number of hydrogen-bond donors (Lipinski definition) is 1. The lowest BCUT2D eigenvalue weighted by Crippen LogP contribution is -2.33. The maximum Gasteiger partial charge on any atom is 0.222 e. The number of rotatable bonds is 10. The average Bonchev–Trinajstić information content (AvgIpc) is 3.02. The minimum Gasteiger partial charge on any atom is -0.439 e. The summed E-state index contributed by atoms with van der Waals surface area (Å²) < 4.78 is 13.4. The lowest BCUT2D eigenvalue weighted by molar-refractivity contribution is 0.0936. The summed E-state index contributed by atoms with van der Waals surface area (Å²) in [4.78, 5) is 2.17. The lowest BCUT2D eigenvalue weighted by atomic mass is 10.1. The van der Waals surface area contributed by atoms with Gasteiger partial charge in [0.1, 0.15) is 11.4 Å². The van der Waals surface area contributed by atoms with Crippen LogP contribution in [0.5, 0.6) is 11.6 Å². The van der Waals surface area contributed by atoms with Gasteiger partial charge in [0.2, 0.25) is 5.88 Å². The van der Waals surface area contributed by atoms with E-state index in [-0.39, 0.29) is 0 Å². The molecule has 0 saturated carbocycles. The number of aromatic nitrogens is 2. The van der Waals surface area contributed by atoms with Crippen molar-refractivity contribution >= 4 is 0 Å². The molecule has 6 nitrogen and oxygen atoms in total. The molecule has 30 heavy (non-hydrogen) atoms. The number of nitrogens with zero attached hydrogens (tertiary/aromatic N) is 3. The van der Waals surface area contributed by atoms with E-state index in [1.807, 2.05) is 56.4 Å². The zero-order valence-corrected chi connectivity index (χ0v) is 18.2. The molecular formula is C24H31N3O3. The number of benzene rings is 2. The summed E-state index contributed by atoms with van der Waals surface area (Å²) >= 11 is 0. The van der Waals surface area contributed by atoms with Crippen LogP contribution in [0.15, 0.2) is 54.6 Å². The van der Waals surface area contributed by atoms with Gasteiger partial charge in [-0.05, 0) is 31.5 Å². The predicted molar refractivity (Wildman–Crippen MR) is 119 cm³/mol. The van der Waals surface area contributed by atoms with Crippen molar-refractivity contribution in [2.75, 3.05) is 26.8 Å². The van der Waals surface area contributed by atoms with Crippen LogP contribution in [0.1, 0.15) is 18.1 Å². The molecule has 1 aromatic heterocycles. The van der Waals surface area contributed by atoms with Crippen LogP contribution in [0.4, 0.5) is 0 Å². The molecule has 2 aromatic carbocycles. The Morgan fingerprint density at radius 2 is 1.90 bits per heavy atom. The molecule has 0 unspecified atom stereocenters. The number of hydrogen-bond acceptors (Lipinski definition) is 5. The topological polar surface area (TPSA) is 59.8 Å². The first kappa shape index (κ1) is 22.0.